The summed E-state index contributed by atoms with van der Waals surface area (Å²) in [7, 11) is 0. The minimum absolute atomic E-state index is 0.119. The van der Waals surface area contributed by atoms with E-state index in [2.05, 4.69) is 4.98 Å². The highest BCUT2D eigenvalue weighted by molar-refractivity contribution is 6.31. The highest BCUT2D eigenvalue weighted by atomic mass is 35.5. The highest BCUT2D eigenvalue weighted by Crippen LogP contribution is 2.38. The van der Waals surface area contributed by atoms with E-state index in [4.69, 9.17) is 21.6 Å². The molecule has 0 unspecified atom stereocenters. The van der Waals surface area contributed by atoms with Crippen molar-refractivity contribution >= 4 is 23.1 Å². The minimum Gasteiger partial charge on any atom is -0.449 e. The van der Waals surface area contributed by atoms with Crippen molar-refractivity contribution in [2.24, 2.45) is 0 Å². The van der Waals surface area contributed by atoms with E-state index >= 15 is 0 Å². The van der Waals surface area contributed by atoms with Gasteiger partial charge in [0.1, 0.15) is 17.4 Å². The molecule has 22 heavy (non-hydrogen) atoms. The highest BCUT2D eigenvalue weighted by Gasteiger charge is 2.26. The number of Topliss-reactive ketones (excluding diaryl/α,β-unsaturated/α-hetero) is 1. The molecular weight excluding hydrogens is 310 g/mol. The molecule has 0 amide bonds. The maximum Gasteiger partial charge on any atom is 0.349 e. The molecule has 110 valence electrons. The van der Waals surface area contributed by atoms with E-state index in [0.717, 1.165) is 6.20 Å². The number of carbonyl (C=O) groups excluding carboxylic acids is 1. The Morgan fingerprint density at radius 1 is 1.41 bits per heavy atom. The van der Waals surface area contributed by atoms with Gasteiger partial charge in [-0.3, -0.25) is 14.9 Å². The minimum atomic E-state index is -0.768. The number of ketones is 1. The maximum atomic E-state index is 11.2. The van der Waals surface area contributed by atoms with Crippen molar-refractivity contribution < 1.29 is 14.5 Å². The molecule has 1 aromatic heterocycles. The molecule has 0 radical (unpaired) electrons. The zero-order chi connectivity index (χ0) is 16.3. The van der Waals surface area contributed by atoms with Crippen molar-refractivity contribution in [3.05, 3.63) is 56.9 Å². The van der Waals surface area contributed by atoms with Gasteiger partial charge in [-0.1, -0.05) is 11.6 Å². The topological polar surface area (TPSA) is 106 Å². The summed E-state index contributed by atoms with van der Waals surface area (Å²) >= 11 is 5.70. The van der Waals surface area contributed by atoms with Crippen LogP contribution >= 0.6 is 11.6 Å². The lowest BCUT2D eigenvalue weighted by Crippen LogP contribution is -1.99. The summed E-state index contributed by atoms with van der Waals surface area (Å²) in [5.41, 5.74) is -0.238. The quantitative estimate of drug-likeness (QED) is 0.369. The Kier molecular flexibility index (Phi) is 4.34. The Hall–Kier alpha value is -2.98. The Bertz CT molecular complexity index is 797. The van der Waals surface area contributed by atoms with Crippen molar-refractivity contribution in [2.45, 2.75) is 6.92 Å². The van der Waals surface area contributed by atoms with Crippen LogP contribution in [0.1, 0.15) is 22.8 Å². The molecule has 0 aliphatic carbocycles. The lowest BCUT2D eigenvalue weighted by Gasteiger charge is -2.08. The number of nitriles is 1. The lowest BCUT2D eigenvalue weighted by molar-refractivity contribution is -0.385. The van der Waals surface area contributed by atoms with Gasteiger partial charge in [0, 0.05) is 5.56 Å². The normalized spacial score (nSPS) is 9.86. The number of carbonyl (C=O) groups is 1. The molecule has 0 bridgehead atoms. The number of hydrogen-bond acceptors (Lipinski definition) is 6. The molecule has 0 aliphatic rings. The predicted molar refractivity (Wildman–Crippen MR) is 77.1 cm³/mol. The van der Waals surface area contributed by atoms with Gasteiger partial charge in [0.15, 0.2) is 5.78 Å². The molecule has 2 aromatic rings. The van der Waals surface area contributed by atoms with Gasteiger partial charge in [-0.15, -0.1) is 0 Å². The van der Waals surface area contributed by atoms with Gasteiger partial charge >= 0.3 is 5.69 Å². The molecule has 0 N–H and O–H groups in total. The fraction of sp³-hybridized carbons (Fsp3) is 0.0714. The number of ether oxygens (including phenoxy) is 1. The molecule has 0 spiro atoms. The summed E-state index contributed by atoms with van der Waals surface area (Å²) in [5, 5.41) is 19.7. The molecule has 0 fully saturated rings. The van der Waals surface area contributed by atoms with Crippen LogP contribution in [0.5, 0.6) is 11.5 Å². The van der Waals surface area contributed by atoms with Crippen LogP contribution in [0.2, 0.25) is 5.15 Å². The molecule has 0 saturated heterocycles. The first kappa shape index (κ1) is 15.4. The molecule has 0 atom stereocenters. The summed E-state index contributed by atoms with van der Waals surface area (Å²) in [5.74, 6) is -0.183. The van der Waals surface area contributed by atoms with Crippen molar-refractivity contribution in [3.8, 4) is 17.6 Å². The average molecular weight is 318 g/mol. The Labute approximate surface area is 129 Å². The Morgan fingerprint density at radius 3 is 2.55 bits per heavy atom. The molecule has 8 heteroatoms. The maximum absolute atomic E-state index is 11.2. The van der Waals surface area contributed by atoms with Crippen LogP contribution < -0.4 is 4.74 Å². The zero-order valence-corrected chi connectivity index (χ0v) is 12.0. The van der Waals surface area contributed by atoms with Crippen molar-refractivity contribution in [2.75, 3.05) is 0 Å². The van der Waals surface area contributed by atoms with E-state index in [1.807, 2.05) is 0 Å². The van der Waals surface area contributed by atoms with Crippen molar-refractivity contribution in [3.63, 3.8) is 0 Å². The smallest absolute Gasteiger partial charge is 0.349 e. The standard InChI is InChI=1S/C14H8ClN3O4/c1-8(19)9-2-4-11(5-3-9)22-13-10(6-16)7-17-14(15)12(13)18(20)21/h2-5,7H,1H3. The molecule has 1 heterocycles. The molecular formula is C14H8ClN3O4. The number of hydrogen-bond donors (Lipinski definition) is 0. The SMILES string of the molecule is CC(=O)c1ccc(Oc2c(C#N)cnc(Cl)c2[N+](=O)[O-])cc1. The number of benzene rings is 1. The number of aromatic nitrogens is 1. The number of rotatable bonds is 4. The lowest BCUT2D eigenvalue weighted by atomic mass is 10.1. The van der Waals surface area contributed by atoms with Crippen LogP contribution in [0.3, 0.4) is 0 Å². The Balaban J connectivity index is 2.48. The number of nitrogens with zero attached hydrogens (tertiary/aromatic N) is 3. The van der Waals surface area contributed by atoms with Crippen LogP contribution in [0.15, 0.2) is 30.5 Å². The van der Waals surface area contributed by atoms with Gasteiger partial charge in [-0.2, -0.15) is 5.26 Å². The van der Waals surface area contributed by atoms with Gasteiger partial charge in [0.05, 0.1) is 11.1 Å². The summed E-state index contributed by atoms with van der Waals surface area (Å²) in [6, 6.07) is 7.72. The third-order valence-corrected chi connectivity index (χ3v) is 3.02. The van der Waals surface area contributed by atoms with Crippen LogP contribution in [-0.4, -0.2) is 15.7 Å². The van der Waals surface area contributed by atoms with Gasteiger partial charge in [0.2, 0.25) is 10.9 Å². The van der Waals surface area contributed by atoms with Gasteiger partial charge < -0.3 is 4.74 Å². The van der Waals surface area contributed by atoms with Gasteiger partial charge in [-0.25, -0.2) is 4.98 Å². The summed E-state index contributed by atoms with van der Waals surface area (Å²) in [6.45, 7) is 1.41. The monoisotopic (exact) mass is 317 g/mol. The van der Waals surface area contributed by atoms with Crippen LogP contribution in [0.4, 0.5) is 5.69 Å². The van der Waals surface area contributed by atoms with E-state index in [0.29, 0.717) is 5.56 Å². The molecule has 7 nitrogen and oxygen atoms in total. The first-order chi connectivity index (χ1) is 10.4. The van der Waals surface area contributed by atoms with Crippen LogP contribution in [0.25, 0.3) is 0 Å². The van der Waals surface area contributed by atoms with Crippen molar-refractivity contribution in [1.82, 2.24) is 4.98 Å². The van der Waals surface area contributed by atoms with E-state index in [1.165, 1.54) is 31.2 Å². The fourth-order valence-corrected chi connectivity index (χ4v) is 1.88. The molecule has 0 aliphatic heterocycles. The first-order valence-electron chi connectivity index (χ1n) is 5.96. The van der Waals surface area contributed by atoms with E-state index in [1.54, 1.807) is 6.07 Å². The Morgan fingerprint density at radius 2 is 2.05 bits per heavy atom. The number of halogens is 1. The summed E-state index contributed by atoms with van der Waals surface area (Å²) in [4.78, 5) is 25.1. The summed E-state index contributed by atoms with van der Waals surface area (Å²) < 4.78 is 5.41. The molecule has 0 saturated carbocycles. The predicted octanol–water partition coefficient (Wildman–Crippen LogP) is 3.51. The van der Waals surface area contributed by atoms with E-state index in [-0.39, 0.29) is 28.0 Å². The van der Waals surface area contributed by atoms with Crippen LogP contribution in [0, 0.1) is 21.4 Å². The summed E-state index contributed by atoms with van der Waals surface area (Å²) in [6.07, 6.45) is 1.09. The zero-order valence-electron chi connectivity index (χ0n) is 11.2. The second-order valence-electron chi connectivity index (χ2n) is 4.19. The van der Waals surface area contributed by atoms with E-state index < -0.39 is 10.6 Å². The van der Waals surface area contributed by atoms with Gasteiger partial charge in [0.25, 0.3) is 0 Å². The largest absolute Gasteiger partial charge is 0.449 e. The van der Waals surface area contributed by atoms with E-state index in [9.17, 15) is 14.9 Å². The average Bonchev–Trinajstić information content (AvgIpc) is 2.47. The van der Waals surface area contributed by atoms with Gasteiger partial charge in [-0.05, 0) is 31.2 Å². The van der Waals surface area contributed by atoms with Crippen molar-refractivity contribution in [1.29, 1.82) is 5.26 Å². The third-order valence-electron chi connectivity index (χ3n) is 2.75. The second kappa shape index (κ2) is 6.20. The first-order valence-corrected chi connectivity index (χ1v) is 6.33. The van der Waals surface area contributed by atoms with Crippen LogP contribution in [-0.2, 0) is 0 Å². The fourth-order valence-electron chi connectivity index (χ4n) is 1.68. The number of nitro groups is 1. The molecule has 2 rings (SSSR count). The number of pyridine rings is 1. The third kappa shape index (κ3) is 3.02. The second-order valence-corrected chi connectivity index (χ2v) is 4.55. The molecule has 1 aromatic carbocycles.